The van der Waals surface area contributed by atoms with Crippen molar-refractivity contribution in [2.24, 2.45) is 0 Å². The monoisotopic (exact) mass is 414 g/mol. The van der Waals surface area contributed by atoms with Gasteiger partial charge in [-0.15, -0.1) is 0 Å². The Labute approximate surface area is 181 Å². The molecular formula is C24H38N4O2. The van der Waals surface area contributed by atoms with E-state index in [9.17, 15) is 4.79 Å². The second-order valence-electron chi connectivity index (χ2n) is 9.02. The molecule has 0 N–H and O–H groups in total. The van der Waals surface area contributed by atoms with Crippen LogP contribution in [0.25, 0.3) is 0 Å². The first kappa shape index (κ1) is 21.4. The van der Waals surface area contributed by atoms with E-state index in [1.807, 2.05) is 11.8 Å². The molecule has 0 saturated carbocycles. The fourth-order valence-corrected chi connectivity index (χ4v) is 5.49. The molecule has 0 aromatic heterocycles. The molecule has 166 valence electrons. The number of aryl methyl sites for hydroxylation is 1. The number of carbonyl (C=O) groups is 1. The molecule has 0 unspecified atom stereocenters. The molecule has 3 heterocycles. The lowest BCUT2D eigenvalue weighted by molar-refractivity contribution is 0.0290. The van der Waals surface area contributed by atoms with Crippen LogP contribution < -0.4 is 4.90 Å². The number of hydrogen-bond acceptors (Lipinski definition) is 5. The third-order valence-corrected chi connectivity index (χ3v) is 7.22. The molecule has 0 radical (unpaired) electrons. The molecule has 3 aliphatic heterocycles. The number of hydrogen-bond donors (Lipinski definition) is 0. The van der Waals surface area contributed by atoms with Crippen LogP contribution in [0.1, 0.15) is 38.2 Å². The Morgan fingerprint density at radius 2 is 1.67 bits per heavy atom. The van der Waals surface area contributed by atoms with E-state index in [0.717, 1.165) is 39.3 Å². The number of benzene rings is 1. The van der Waals surface area contributed by atoms with Gasteiger partial charge < -0.3 is 14.5 Å². The number of rotatable bonds is 4. The zero-order chi connectivity index (χ0) is 20.9. The minimum absolute atomic E-state index is 0.150. The summed E-state index contributed by atoms with van der Waals surface area (Å²) in [6.45, 7) is 12.8. The number of nitrogens with zero attached hydrogens (tertiary/aromatic N) is 4. The molecule has 1 atom stereocenters. The van der Waals surface area contributed by atoms with Crippen LogP contribution >= 0.6 is 0 Å². The number of piperidine rings is 2. The Morgan fingerprint density at radius 1 is 0.933 bits per heavy atom. The second kappa shape index (κ2) is 10.0. The van der Waals surface area contributed by atoms with Gasteiger partial charge >= 0.3 is 6.09 Å². The molecule has 6 heteroatoms. The summed E-state index contributed by atoms with van der Waals surface area (Å²) in [5.74, 6) is 0. The topological polar surface area (TPSA) is 39.3 Å². The van der Waals surface area contributed by atoms with Gasteiger partial charge in [0.15, 0.2) is 0 Å². The van der Waals surface area contributed by atoms with Gasteiger partial charge in [-0.2, -0.15) is 0 Å². The quantitative estimate of drug-likeness (QED) is 0.757. The van der Waals surface area contributed by atoms with Gasteiger partial charge in [-0.1, -0.05) is 18.2 Å². The predicted octanol–water partition coefficient (Wildman–Crippen LogP) is 3.20. The molecule has 4 rings (SSSR count). The Morgan fingerprint density at radius 3 is 2.37 bits per heavy atom. The molecule has 3 saturated heterocycles. The van der Waals surface area contributed by atoms with E-state index in [4.69, 9.17) is 4.74 Å². The maximum absolute atomic E-state index is 12.0. The maximum Gasteiger partial charge on any atom is 0.409 e. The summed E-state index contributed by atoms with van der Waals surface area (Å²) in [4.78, 5) is 21.8. The van der Waals surface area contributed by atoms with E-state index in [2.05, 4.69) is 45.9 Å². The van der Waals surface area contributed by atoms with E-state index in [-0.39, 0.29) is 6.09 Å². The van der Waals surface area contributed by atoms with Crippen LogP contribution in [0.15, 0.2) is 24.3 Å². The predicted molar refractivity (Wildman–Crippen MR) is 121 cm³/mol. The lowest BCUT2D eigenvalue weighted by atomic mass is 9.96. The SMILES string of the molecule is CCOC(=O)N1CCN([C@H]2CCCN(C3CCN(c4ccccc4C)CC3)C2)CC1. The van der Waals surface area contributed by atoms with Gasteiger partial charge in [-0.05, 0) is 57.7 Å². The third-order valence-electron chi connectivity index (χ3n) is 7.22. The maximum atomic E-state index is 12.0. The van der Waals surface area contributed by atoms with Crippen molar-refractivity contribution < 1.29 is 9.53 Å². The van der Waals surface area contributed by atoms with Gasteiger partial charge in [0, 0.05) is 63.6 Å². The van der Waals surface area contributed by atoms with Gasteiger partial charge in [0.05, 0.1) is 6.61 Å². The number of anilines is 1. The van der Waals surface area contributed by atoms with Crippen molar-refractivity contribution in [2.75, 3.05) is 63.9 Å². The number of para-hydroxylation sites is 1. The normalized spacial score (nSPS) is 24.8. The van der Waals surface area contributed by atoms with Crippen LogP contribution in [0.4, 0.5) is 10.5 Å². The fraction of sp³-hybridized carbons (Fsp3) is 0.708. The molecule has 0 spiro atoms. The first-order chi connectivity index (χ1) is 14.7. The zero-order valence-electron chi connectivity index (χ0n) is 18.8. The highest BCUT2D eigenvalue weighted by Crippen LogP contribution is 2.28. The van der Waals surface area contributed by atoms with Crippen molar-refractivity contribution >= 4 is 11.8 Å². The first-order valence-electron chi connectivity index (χ1n) is 11.9. The lowest BCUT2D eigenvalue weighted by Crippen LogP contribution is -2.58. The van der Waals surface area contributed by atoms with E-state index in [0.29, 0.717) is 18.7 Å². The number of carbonyl (C=O) groups excluding carboxylic acids is 1. The highest BCUT2D eigenvalue weighted by atomic mass is 16.6. The van der Waals surface area contributed by atoms with Crippen LogP contribution in [0.5, 0.6) is 0 Å². The summed E-state index contributed by atoms with van der Waals surface area (Å²) in [6, 6.07) is 10.1. The molecule has 1 aromatic carbocycles. The van der Waals surface area contributed by atoms with Gasteiger partial charge in [0.2, 0.25) is 0 Å². The molecule has 30 heavy (non-hydrogen) atoms. The number of amides is 1. The number of piperazine rings is 1. The van der Waals surface area contributed by atoms with Crippen molar-refractivity contribution in [3.63, 3.8) is 0 Å². The molecule has 3 aliphatic rings. The van der Waals surface area contributed by atoms with E-state index < -0.39 is 0 Å². The second-order valence-corrected chi connectivity index (χ2v) is 9.02. The fourth-order valence-electron chi connectivity index (χ4n) is 5.49. The molecular weight excluding hydrogens is 376 g/mol. The Bertz CT molecular complexity index is 696. The molecule has 0 bridgehead atoms. The Hall–Kier alpha value is -1.79. The van der Waals surface area contributed by atoms with Gasteiger partial charge in [0.25, 0.3) is 0 Å². The van der Waals surface area contributed by atoms with Crippen LogP contribution in [0, 0.1) is 6.92 Å². The molecule has 0 aliphatic carbocycles. The molecule has 1 amide bonds. The Kier molecular flexibility index (Phi) is 7.16. The summed E-state index contributed by atoms with van der Waals surface area (Å²) >= 11 is 0. The highest BCUT2D eigenvalue weighted by molar-refractivity contribution is 5.67. The van der Waals surface area contributed by atoms with Crippen molar-refractivity contribution in [1.82, 2.24) is 14.7 Å². The van der Waals surface area contributed by atoms with Crippen molar-refractivity contribution in [3.05, 3.63) is 29.8 Å². The molecule has 3 fully saturated rings. The van der Waals surface area contributed by atoms with E-state index in [1.54, 1.807) is 0 Å². The Balaban J connectivity index is 1.26. The summed E-state index contributed by atoms with van der Waals surface area (Å²) < 4.78 is 5.16. The average molecular weight is 415 g/mol. The molecule has 1 aromatic rings. The van der Waals surface area contributed by atoms with Crippen LogP contribution in [0.3, 0.4) is 0 Å². The van der Waals surface area contributed by atoms with Crippen LogP contribution in [0.2, 0.25) is 0 Å². The van der Waals surface area contributed by atoms with Crippen LogP contribution in [-0.2, 0) is 4.74 Å². The minimum Gasteiger partial charge on any atom is -0.450 e. The van der Waals surface area contributed by atoms with Crippen molar-refractivity contribution in [3.8, 4) is 0 Å². The zero-order valence-corrected chi connectivity index (χ0v) is 18.8. The van der Waals surface area contributed by atoms with Crippen LogP contribution in [-0.4, -0.2) is 91.8 Å². The number of likely N-dealkylation sites (tertiary alicyclic amines) is 1. The number of ether oxygens (including phenoxy) is 1. The van der Waals surface area contributed by atoms with Gasteiger partial charge in [-0.3, -0.25) is 9.80 Å². The third kappa shape index (κ3) is 4.92. The van der Waals surface area contributed by atoms with Gasteiger partial charge in [-0.25, -0.2) is 4.79 Å². The van der Waals surface area contributed by atoms with E-state index >= 15 is 0 Å². The lowest BCUT2D eigenvalue weighted by Gasteiger charge is -2.47. The largest absolute Gasteiger partial charge is 0.450 e. The summed E-state index contributed by atoms with van der Waals surface area (Å²) in [6.07, 6.45) is 4.96. The van der Waals surface area contributed by atoms with Crippen molar-refractivity contribution in [1.29, 1.82) is 0 Å². The van der Waals surface area contributed by atoms with Gasteiger partial charge in [0.1, 0.15) is 0 Å². The summed E-state index contributed by atoms with van der Waals surface area (Å²) in [7, 11) is 0. The van der Waals surface area contributed by atoms with E-state index in [1.165, 1.54) is 50.0 Å². The smallest absolute Gasteiger partial charge is 0.409 e. The minimum atomic E-state index is -0.150. The first-order valence-corrected chi connectivity index (χ1v) is 11.9. The highest BCUT2D eigenvalue weighted by Gasteiger charge is 2.33. The standard InChI is InChI=1S/C24H38N4O2/c1-3-30-24(29)27-17-15-25(16-18-27)22-8-6-12-28(19-22)21-10-13-26(14-11-21)23-9-5-4-7-20(23)2/h4-5,7,9,21-22H,3,6,8,10-19H2,1-2H3/t22-/m0/s1. The average Bonchev–Trinajstić information content (AvgIpc) is 2.80. The summed E-state index contributed by atoms with van der Waals surface area (Å²) in [5, 5.41) is 0. The summed E-state index contributed by atoms with van der Waals surface area (Å²) in [5.41, 5.74) is 2.79. The molecule has 6 nitrogen and oxygen atoms in total. The van der Waals surface area contributed by atoms with Crippen molar-refractivity contribution in [2.45, 2.75) is 51.6 Å².